The van der Waals surface area contributed by atoms with Crippen LogP contribution in [0.5, 0.6) is 0 Å². The van der Waals surface area contributed by atoms with Crippen molar-refractivity contribution in [3.05, 3.63) is 71.3 Å². The van der Waals surface area contributed by atoms with Crippen molar-refractivity contribution in [2.45, 2.75) is 29.6 Å². The summed E-state index contributed by atoms with van der Waals surface area (Å²) >= 11 is 2.97. The first-order valence-corrected chi connectivity index (χ1v) is 11.1. The monoisotopic (exact) mass is 433 g/mol. The molecule has 4 rings (SSSR count). The fraction of sp³-hybridized carbons (Fsp3) is 0.350. The van der Waals surface area contributed by atoms with Gasteiger partial charge in [0.25, 0.3) is 0 Å². The largest absolute Gasteiger partial charge is 0.330 e. The molecule has 2 heterocycles. The summed E-state index contributed by atoms with van der Waals surface area (Å²) in [5.41, 5.74) is 7.00. The maximum Gasteiger partial charge on any atom is 0.215 e. The van der Waals surface area contributed by atoms with Crippen LogP contribution in [-0.2, 0) is 4.87 Å². The third-order valence-corrected chi connectivity index (χ3v) is 7.44. The van der Waals surface area contributed by atoms with Crippen LogP contribution in [0.2, 0.25) is 0 Å². The molecule has 152 valence electrons. The van der Waals surface area contributed by atoms with Crippen LogP contribution in [0.4, 0.5) is 8.78 Å². The first-order chi connectivity index (χ1) is 14.0. The molecule has 0 spiro atoms. The number of hydrogen-bond acceptors (Lipinski definition) is 7. The van der Waals surface area contributed by atoms with Crippen molar-refractivity contribution < 1.29 is 8.78 Å². The van der Waals surface area contributed by atoms with Gasteiger partial charge in [-0.25, -0.2) is 13.8 Å². The SMILES string of the molecule is CC1(N2N=C(c3cc(F)ccc3F)SC2(CCCN)c2ccccc2)N=NCS1. The zero-order valence-corrected chi connectivity index (χ0v) is 17.5. The zero-order valence-electron chi connectivity index (χ0n) is 15.9. The van der Waals surface area contributed by atoms with Crippen molar-refractivity contribution in [3.63, 3.8) is 0 Å². The van der Waals surface area contributed by atoms with E-state index in [1.165, 1.54) is 17.8 Å². The molecule has 5 nitrogen and oxygen atoms in total. The first-order valence-electron chi connectivity index (χ1n) is 9.30. The van der Waals surface area contributed by atoms with E-state index in [0.717, 1.165) is 24.1 Å². The van der Waals surface area contributed by atoms with Crippen molar-refractivity contribution in [3.8, 4) is 0 Å². The highest BCUT2D eigenvalue weighted by Gasteiger charge is 2.54. The second-order valence-corrected chi connectivity index (χ2v) is 9.52. The van der Waals surface area contributed by atoms with Gasteiger partial charge in [-0.3, -0.25) is 0 Å². The van der Waals surface area contributed by atoms with Gasteiger partial charge in [-0.2, -0.15) is 15.3 Å². The highest BCUT2D eigenvalue weighted by Crippen LogP contribution is 2.56. The van der Waals surface area contributed by atoms with Gasteiger partial charge in [0.1, 0.15) is 27.4 Å². The summed E-state index contributed by atoms with van der Waals surface area (Å²) in [5.74, 6) is -0.485. The maximum absolute atomic E-state index is 14.6. The van der Waals surface area contributed by atoms with E-state index >= 15 is 0 Å². The Hall–Kier alpha value is -1.97. The quantitative estimate of drug-likeness (QED) is 0.689. The van der Waals surface area contributed by atoms with E-state index in [0.29, 0.717) is 23.9 Å². The van der Waals surface area contributed by atoms with Crippen molar-refractivity contribution >= 4 is 28.6 Å². The predicted octanol–water partition coefficient (Wildman–Crippen LogP) is 5.10. The fourth-order valence-electron chi connectivity index (χ4n) is 3.56. The number of hydrazone groups is 1. The van der Waals surface area contributed by atoms with E-state index in [9.17, 15) is 8.78 Å². The maximum atomic E-state index is 14.6. The number of thioether (sulfide) groups is 2. The molecule has 0 aliphatic carbocycles. The molecule has 2 aliphatic heterocycles. The van der Waals surface area contributed by atoms with Crippen LogP contribution in [0.3, 0.4) is 0 Å². The van der Waals surface area contributed by atoms with E-state index in [1.54, 1.807) is 11.8 Å². The fourth-order valence-corrected chi connectivity index (χ4v) is 5.93. The minimum absolute atomic E-state index is 0.147. The minimum atomic E-state index is -0.747. The lowest BCUT2D eigenvalue weighted by atomic mass is 10.00. The molecular formula is C20H21F2N5S2. The number of azo groups is 1. The Morgan fingerprint density at radius 2 is 1.97 bits per heavy atom. The van der Waals surface area contributed by atoms with Crippen molar-refractivity contribution in [1.29, 1.82) is 0 Å². The van der Waals surface area contributed by atoms with E-state index in [2.05, 4.69) is 10.2 Å². The molecule has 9 heteroatoms. The van der Waals surface area contributed by atoms with Crippen LogP contribution in [0.25, 0.3) is 0 Å². The van der Waals surface area contributed by atoms with Gasteiger partial charge >= 0.3 is 0 Å². The molecule has 0 aromatic heterocycles. The van der Waals surface area contributed by atoms with Crippen LogP contribution >= 0.6 is 23.5 Å². The molecule has 2 atom stereocenters. The Bertz CT molecular complexity index is 955. The molecule has 2 N–H and O–H groups in total. The van der Waals surface area contributed by atoms with E-state index < -0.39 is 21.5 Å². The average molecular weight is 434 g/mol. The van der Waals surface area contributed by atoms with Crippen LogP contribution in [0.15, 0.2) is 63.9 Å². The van der Waals surface area contributed by atoms with Gasteiger partial charge in [0.2, 0.25) is 4.99 Å². The highest BCUT2D eigenvalue weighted by molar-refractivity contribution is 8.15. The Labute approximate surface area is 176 Å². The molecule has 2 aliphatic rings. The van der Waals surface area contributed by atoms with E-state index in [-0.39, 0.29) is 5.56 Å². The Kier molecular flexibility index (Phi) is 5.63. The van der Waals surface area contributed by atoms with Gasteiger partial charge in [-0.05, 0) is 50.1 Å². The summed E-state index contributed by atoms with van der Waals surface area (Å²) in [7, 11) is 0. The number of hydrogen-bond donors (Lipinski definition) is 1. The molecule has 29 heavy (non-hydrogen) atoms. The lowest BCUT2D eigenvalue weighted by Gasteiger charge is -2.43. The molecule has 2 aromatic rings. The van der Waals surface area contributed by atoms with Gasteiger partial charge in [0.15, 0.2) is 0 Å². The Balaban J connectivity index is 1.87. The number of nitrogens with two attached hydrogens (primary N) is 1. The summed E-state index contributed by atoms with van der Waals surface area (Å²) in [5, 5.41) is 15.7. The Morgan fingerprint density at radius 3 is 2.66 bits per heavy atom. The summed E-state index contributed by atoms with van der Waals surface area (Å²) in [6.07, 6.45) is 1.42. The summed E-state index contributed by atoms with van der Waals surface area (Å²) < 4.78 is 28.5. The molecule has 0 amide bonds. The van der Waals surface area contributed by atoms with Crippen molar-refractivity contribution in [1.82, 2.24) is 5.01 Å². The summed E-state index contributed by atoms with van der Waals surface area (Å²) in [4.78, 5) is -1.40. The second kappa shape index (κ2) is 8.04. The van der Waals surface area contributed by atoms with Crippen LogP contribution < -0.4 is 5.73 Å². The van der Waals surface area contributed by atoms with Gasteiger partial charge in [-0.15, -0.1) is 0 Å². The van der Waals surface area contributed by atoms with Crippen molar-refractivity contribution in [2.75, 3.05) is 12.4 Å². The smallest absolute Gasteiger partial charge is 0.215 e. The minimum Gasteiger partial charge on any atom is -0.330 e. The second-order valence-electron chi connectivity index (χ2n) is 6.93. The third-order valence-electron chi connectivity index (χ3n) is 4.95. The summed E-state index contributed by atoms with van der Waals surface area (Å²) in [6.45, 7) is 2.46. The lowest BCUT2D eigenvalue weighted by molar-refractivity contribution is 0.101. The lowest BCUT2D eigenvalue weighted by Crippen LogP contribution is -2.48. The van der Waals surface area contributed by atoms with Gasteiger partial charge < -0.3 is 5.73 Å². The average Bonchev–Trinajstić information content (AvgIpc) is 3.35. The standard InChI is InChI=1S/C20H21F2N5S2/c1-19(26-24-13-28-19)27-20(10-5-11-23,14-6-3-2-4-7-14)29-18(25-27)16-12-15(21)8-9-17(16)22/h2-4,6-9,12H,5,10-11,13,23H2,1H3. The molecular weight excluding hydrogens is 412 g/mol. The van der Waals surface area contributed by atoms with Crippen molar-refractivity contribution in [2.24, 2.45) is 21.1 Å². The molecule has 2 aromatic carbocycles. The number of nitrogens with zero attached hydrogens (tertiary/aromatic N) is 4. The van der Waals surface area contributed by atoms with E-state index in [4.69, 9.17) is 10.8 Å². The van der Waals surface area contributed by atoms with Gasteiger partial charge in [0, 0.05) is 5.56 Å². The Morgan fingerprint density at radius 1 is 1.17 bits per heavy atom. The molecule has 0 fully saturated rings. The normalized spacial score (nSPS) is 26.2. The molecule has 2 unspecified atom stereocenters. The third kappa shape index (κ3) is 3.67. The molecule has 0 saturated heterocycles. The highest BCUT2D eigenvalue weighted by atomic mass is 32.2. The molecule has 0 saturated carbocycles. The summed E-state index contributed by atoms with van der Waals surface area (Å²) in [6, 6.07) is 13.4. The van der Waals surface area contributed by atoms with Crippen LogP contribution in [0.1, 0.15) is 30.9 Å². The van der Waals surface area contributed by atoms with Gasteiger partial charge in [-0.1, -0.05) is 53.9 Å². The number of halogens is 2. The molecule has 0 bridgehead atoms. The van der Waals surface area contributed by atoms with Crippen LogP contribution in [0, 0.1) is 11.6 Å². The topological polar surface area (TPSA) is 66.3 Å². The predicted molar refractivity (Wildman–Crippen MR) is 114 cm³/mol. The number of rotatable bonds is 6. The zero-order chi connectivity index (χ0) is 20.5. The molecule has 0 radical (unpaired) electrons. The van der Waals surface area contributed by atoms with Crippen LogP contribution in [-0.4, -0.2) is 27.5 Å². The van der Waals surface area contributed by atoms with Gasteiger partial charge in [0.05, 0.1) is 0 Å². The number of benzene rings is 2. The van der Waals surface area contributed by atoms with E-state index in [1.807, 2.05) is 42.3 Å². The first kappa shape index (κ1) is 20.3.